The van der Waals surface area contributed by atoms with Crippen molar-refractivity contribution in [2.24, 2.45) is 0 Å². The van der Waals surface area contributed by atoms with Crippen LogP contribution in [-0.2, 0) is 14.3 Å². The van der Waals surface area contributed by atoms with Gasteiger partial charge in [0.2, 0.25) is 0 Å². The summed E-state index contributed by atoms with van der Waals surface area (Å²) in [4.78, 5) is 50.8. The van der Waals surface area contributed by atoms with Crippen molar-refractivity contribution in [2.45, 2.75) is 0 Å². The highest BCUT2D eigenvalue weighted by atomic mass is 35.5. The fourth-order valence-corrected chi connectivity index (χ4v) is 4.13. The van der Waals surface area contributed by atoms with Crippen molar-refractivity contribution in [2.75, 3.05) is 26.6 Å². The molecule has 1 amide bonds. The van der Waals surface area contributed by atoms with Crippen molar-refractivity contribution in [3.8, 4) is 16.9 Å². The number of hydrogen-bond acceptors (Lipinski definition) is 7. The van der Waals surface area contributed by atoms with Crippen molar-refractivity contribution in [1.29, 1.82) is 0 Å². The summed E-state index contributed by atoms with van der Waals surface area (Å²) in [6.45, 7) is 0. The van der Waals surface area contributed by atoms with Crippen LogP contribution in [0.2, 0.25) is 5.02 Å². The van der Waals surface area contributed by atoms with E-state index in [0.717, 1.165) is 0 Å². The molecular formula is C27H21ClN2O7. The van der Waals surface area contributed by atoms with Crippen molar-refractivity contribution < 1.29 is 33.4 Å². The summed E-state index contributed by atoms with van der Waals surface area (Å²) in [5.74, 6) is -2.84. The zero-order valence-corrected chi connectivity index (χ0v) is 20.8. The number of amides is 1. The number of rotatable bonds is 7. The van der Waals surface area contributed by atoms with Gasteiger partial charge < -0.3 is 23.9 Å². The lowest BCUT2D eigenvalue weighted by atomic mass is 10.0. The molecule has 0 aliphatic rings. The average Bonchev–Trinajstić information content (AvgIpc) is 3.30. The van der Waals surface area contributed by atoms with Crippen LogP contribution in [0.15, 0.2) is 66.9 Å². The molecule has 4 aromatic rings. The summed E-state index contributed by atoms with van der Waals surface area (Å²) in [5, 5.41) is 2.82. The highest BCUT2D eigenvalue weighted by Crippen LogP contribution is 2.34. The predicted octanol–water partition coefficient (Wildman–Crippen LogP) is 4.66. The Balaban J connectivity index is 1.76. The van der Waals surface area contributed by atoms with Crippen molar-refractivity contribution in [3.05, 3.63) is 88.7 Å². The number of nitrogens with one attached hydrogen (secondary N) is 1. The summed E-state index contributed by atoms with van der Waals surface area (Å²) in [6.07, 6.45) is 1.66. The number of halogens is 1. The van der Waals surface area contributed by atoms with Gasteiger partial charge in [0.1, 0.15) is 11.4 Å². The first-order chi connectivity index (χ1) is 17.8. The summed E-state index contributed by atoms with van der Waals surface area (Å²) < 4.78 is 16.2. The normalized spacial score (nSPS) is 10.6. The van der Waals surface area contributed by atoms with Crippen molar-refractivity contribution in [3.63, 3.8) is 0 Å². The molecule has 0 atom stereocenters. The van der Waals surface area contributed by atoms with Gasteiger partial charge in [0.15, 0.2) is 0 Å². The number of ether oxygens (including phenoxy) is 3. The number of ketones is 1. The first-order valence-corrected chi connectivity index (χ1v) is 11.3. The van der Waals surface area contributed by atoms with Crippen LogP contribution < -0.4 is 10.1 Å². The second-order valence-electron chi connectivity index (χ2n) is 7.82. The van der Waals surface area contributed by atoms with Gasteiger partial charge in [-0.2, -0.15) is 0 Å². The summed E-state index contributed by atoms with van der Waals surface area (Å²) in [7, 11) is 3.85. The number of benzene rings is 2. The smallest absolute Gasteiger partial charge is 0.337 e. The number of fused-ring (bicyclic) bond motifs is 1. The Hall–Kier alpha value is -4.63. The van der Waals surface area contributed by atoms with Gasteiger partial charge in [0, 0.05) is 23.0 Å². The van der Waals surface area contributed by atoms with Crippen molar-refractivity contribution in [1.82, 2.24) is 4.40 Å². The fraction of sp³-hybridized carbons (Fsp3) is 0.111. The Morgan fingerprint density at radius 3 is 2.11 bits per heavy atom. The SMILES string of the molecule is COC(=O)c1cc(NC(=O)C(=O)c2c(-c3ccc(OC)c(Cl)c3)cc3ccccn23)cc(C(=O)OC)c1. The van der Waals surface area contributed by atoms with E-state index in [1.807, 2.05) is 0 Å². The molecule has 0 spiro atoms. The van der Waals surface area contributed by atoms with Crippen LogP contribution in [0.1, 0.15) is 31.2 Å². The molecule has 9 nitrogen and oxygen atoms in total. The van der Waals surface area contributed by atoms with Crippen LogP contribution in [0.25, 0.3) is 16.6 Å². The molecule has 4 rings (SSSR count). The van der Waals surface area contributed by atoms with Gasteiger partial charge in [-0.15, -0.1) is 0 Å². The molecule has 0 radical (unpaired) electrons. The van der Waals surface area contributed by atoms with Crippen LogP contribution in [-0.4, -0.2) is 49.4 Å². The van der Waals surface area contributed by atoms with Crippen LogP contribution in [0.3, 0.4) is 0 Å². The molecule has 0 bridgehead atoms. The minimum atomic E-state index is -0.984. The van der Waals surface area contributed by atoms with E-state index in [9.17, 15) is 19.2 Å². The summed E-state index contributed by atoms with van der Waals surface area (Å²) in [6, 6.07) is 16.0. The van der Waals surface area contributed by atoms with Crippen LogP contribution in [0, 0.1) is 0 Å². The van der Waals surface area contributed by atoms with Crippen LogP contribution >= 0.6 is 11.6 Å². The maximum absolute atomic E-state index is 13.5. The minimum Gasteiger partial charge on any atom is -0.495 e. The summed E-state index contributed by atoms with van der Waals surface area (Å²) in [5.41, 5.74) is 1.90. The molecule has 1 N–H and O–H groups in total. The van der Waals surface area contributed by atoms with Gasteiger partial charge in [-0.05, 0) is 54.1 Å². The van der Waals surface area contributed by atoms with E-state index in [2.05, 4.69) is 5.32 Å². The number of aromatic nitrogens is 1. The lowest BCUT2D eigenvalue weighted by Gasteiger charge is -2.11. The van der Waals surface area contributed by atoms with Crippen LogP contribution in [0.4, 0.5) is 5.69 Å². The Morgan fingerprint density at radius 1 is 0.838 bits per heavy atom. The Labute approximate surface area is 216 Å². The Morgan fingerprint density at radius 2 is 1.51 bits per heavy atom. The van der Waals surface area contributed by atoms with E-state index in [1.54, 1.807) is 53.1 Å². The summed E-state index contributed by atoms with van der Waals surface area (Å²) >= 11 is 6.31. The molecule has 2 heterocycles. The predicted molar refractivity (Wildman–Crippen MR) is 136 cm³/mol. The molecule has 0 fully saturated rings. The highest BCUT2D eigenvalue weighted by Gasteiger charge is 2.26. The maximum atomic E-state index is 13.5. The number of pyridine rings is 1. The standard InChI is InChI=1S/C27H21ClN2O7/c1-35-22-8-7-15(13-21(22)28)20-14-19-6-4-5-9-30(19)23(20)24(31)25(32)29-18-11-16(26(33)36-2)10-17(12-18)27(34)37-3/h4-14H,1-3H3,(H,29,32). The molecule has 188 valence electrons. The van der Waals surface area contributed by atoms with Gasteiger partial charge in [0.05, 0.1) is 37.5 Å². The molecular weight excluding hydrogens is 500 g/mol. The molecule has 0 unspecified atom stereocenters. The van der Waals surface area contributed by atoms with Gasteiger partial charge in [-0.3, -0.25) is 9.59 Å². The first kappa shape index (κ1) is 25.5. The maximum Gasteiger partial charge on any atom is 0.337 e. The average molecular weight is 521 g/mol. The molecule has 10 heteroatoms. The minimum absolute atomic E-state index is 0.00477. The molecule has 0 saturated heterocycles. The molecule has 0 aliphatic carbocycles. The lowest BCUT2D eigenvalue weighted by molar-refractivity contribution is -0.112. The Bertz CT molecular complexity index is 1520. The number of carbonyl (C=O) groups is 4. The third-order valence-corrected chi connectivity index (χ3v) is 5.89. The van der Waals surface area contributed by atoms with Gasteiger partial charge in [0.25, 0.3) is 11.7 Å². The zero-order chi connectivity index (χ0) is 26.7. The second kappa shape index (κ2) is 10.5. The molecule has 0 aliphatic heterocycles. The quantitative estimate of drug-likeness (QED) is 0.214. The largest absolute Gasteiger partial charge is 0.495 e. The van der Waals surface area contributed by atoms with E-state index >= 15 is 0 Å². The third kappa shape index (κ3) is 5.03. The van der Waals surface area contributed by atoms with Crippen LogP contribution in [0.5, 0.6) is 5.75 Å². The first-order valence-electron chi connectivity index (χ1n) is 10.9. The van der Waals surface area contributed by atoms with E-state index in [4.69, 9.17) is 25.8 Å². The van der Waals surface area contributed by atoms with Crippen molar-refractivity contribution >= 4 is 46.4 Å². The van der Waals surface area contributed by atoms with E-state index < -0.39 is 23.6 Å². The third-order valence-electron chi connectivity index (χ3n) is 5.60. The van der Waals surface area contributed by atoms with E-state index in [0.29, 0.717) is 27.4 Å². The second-order valence-corrected chi connectivity index (χ2v) is 8.22. The number of hydrogen-bond donors (Lipinski definition) is 1. The molecule has 2 aromatic carbocycles. The van der Waals surface area contributed by atoms with E-state index in [1.165, 1.54) is 39.5 Å². The zero-order valence-electron chi connectivity index (χ0n) is 20.0. The number of methoxy groups -OCH3 is 3. The van der Waals surface area contributed by atoms with Gasteiger partial charge >= 0.3 is 11.9 Å². The molecule has 37 heavy (non-hydrogen) atoms. The number of Topliss-reactive ketones (excluding diaryl/α,β-unsaturated/α-hetero) is 1. The van der Waals surface area contributed by atoms with Gasteiger partial charge in [-0.1, -0.05) is 23.7 Å². The number of esters is 2. The fourth-order valence-electron chi connectivity index (χ4n) is 3.88. The Kier molecular flexibility index (Phi) is 7.26. The molecule has 2 aromatic heterocycles. The number of anilines is 1. The van der Waals surface area contributed by atoms with Gasteiger partial charge in [-0.25, -0.2) is 9.59 Å². The number of carbonyl (C=O) groups excluding carboxylic acids is 4. The monoisotopic (exact) mass is 520 g/mol. The van der Waals surface area contributed by atoms with E-state index in [-0.39, 0.29) is 22.5 Å². The number of nitrogens with zero attached hydrogens (tertiary/aromatic N) is 1. The highest BCUT2D eigenvalue weighted by molar-refractivity contribution is 6.47. The topological polar surface area (TPSA) is 112 Å². The lowest BCUT2D eigenvalue weighted by Crippen LogP contribution is -2.25. The molecule has 0 saturated carbocycles.